The van der Waals surface area contributed by atoms with E-state index in [0.717, 1.165) is 0 Å². The number of anilines is 2. The molecule has 0 aliphatic rings. The van der Waals surface area contributed by atoms with Gasteiger partial charge >= 0.3 is 0 Å². The van der Waals surface area contributed by atoms with E-state index in [9.17, 15) is 4.39 Å². The largest absolute Gasteiger partial charge is 0.480 e. The van der Waals surface area contributed by atoms with Crippen molar-refractivity contribution in [3.05, 3.63) is 40.8 Å². The van der Waals surface area contributed by atoms with Crippen LogP contribution in [0.5, 0.6) is 5.88 Å². The molecule has 0 unspecified atom stereocenters. The van der Waals surface area contributed by atoms with Gasteiger partial charge in [0.15, 0.2) is 0 Å². The van der Waals surface area contributed by atoms with Crippen molar-refractivity contribution in [2.45, 2.75) is 0 Å². The van der Waals surface area contributed by atoms with Gasteiger partial charge in [0.2, 0.25) is 11.8 Å². The Balaban J connectivity index is 2.28. The maximum atomic E-state index is 13.4. The van der Waals surface area contributed by atoms with Gasteiger partial charge in [-0.3, -0.25) is 0 Å². The molecule has 0 atom stereocenters. The molecule has 0 saturated heterocycles. The lowest BCUT2D eigenvalue weighted by Crippen LogP contribution is -2.00. The summed E-state index contributed by atoms with van der Waals surface area (Å²) in [6.45, 7) is 0. The fraction of sp³-hybridized carbons (Fsp3) is 0.0909. The summed E-state index contributed by atoms with van der Waals surface area (Å²) in [4.78, 5) is 8.08. The number of nitrogens with zero attached hydrogens (tertiary/aromatic N) is 2. The number of rotatable bonds is 3. The van der Waals surface area contributed by atoms with Gasteiger partial charge in [-0.05, 0) is 28.1 Å². The van der Waals surface area contributed by atoms with Crippen molar-refractivity contribution in [2.24, 2.45) is 0 Å². The van der Waals surface area contributed by atoms with Gasteiger partial charge in [0.1, 0.15) is 5.82 Å². The molecule has 0 amide bonds. The van der Waals surface area contributed by atoms with Crippen molar-refractivity contribution in [3.8, 4) is 5.88 Å². The van der Waals surface area contributed by atoms with Gasteiger partial charge in [-0.2, -0.15) is 4.98 Å². The van der Waals surface area contributed by atoms with E-state index < -0.39 is 0 Å². The number of aromatic nitrogens is 2. The maximum Gasteiger partial charge on any atom is 0.232 e. The Kier molecular flexibility index (Phi) is 3.53. The molecule has 2 aromatic rings. The fourth-order valence-electron chi connectivity index (χ4n) is 1.24. The number of para-hydroxylation sites is 1. The maximum absolute atomic E-state index is 13.4. The van der Waals surface area contributed by atoms with Crippen LogP contribution in [0.25, 0.3) is 0 Å². The normalized spacial score (nSPS) is 10.1. The lowest BCUT2D eigenvalue weighted by Gasteiger charge is -2.07. The molecule has 0 spiro atoms. The third-order valence-electron chi connectivity index (χ3n) is 2.03. The first kappa shape index (κ1) is 11.8. The van der Waals surface area contributed by atoms with Crippen LogP contribution in [0.4, 0.5) is 16.0 Å². The molecule has 1 heterocycles. The minimum atomic E-state index is -0.363. The summed E-state index contributed by atoms with van der Waals surface area (Å²) in [6, 6.07) is 6.30. The summed E-state index contributed by atoms with van der Waals surface area (Å²) in [6.07, 6.45) is 1.54. The van der Waals surface area contributed by atoms with E-state index in [1.165, 1.54) is 19.4 Å². The number of halogens is 2. The minimum Gasteiger partial charge on any atom is -0.480 e. The van der Waals surface area contributed by atoms with E-state index in [-0.39, 0.29) is 11.8 Å². The minimum absolute atomic E-state index is 0.273. The van der Waals surface area contributed by atoms with Crippen LogP contribution in [0.2, 0.25) is 0 Å². The van der Waals surface area contributed by atoms with Crippen LogP contribution < -0.4 is 10.1 Å². The summed E-state index contributed by atoms with van der Waals surface area (Å²) in [7, 11) is 1.50. The average Bonchev–Trinajstić information content (AvgIpc) is 2.34. The van der Waals surface area contributed by atoms with E-state index in [1.807, 2.05) is 0 Å². The van der Waals surface area contributed by atoms with Crippen molar-refractivity contribution >= 4 is 27.6 Å². The van der Waals surface area contributed by atoms with E-state index in [4.69, 9.17) is 4.74 Å². The Bertz CT molecular complexity index is 536. The number of hydrogen-bond acceptors (Lipinski definition) is 4. The summed E-state index contributed by atoms with van der Waals surface area (Å²) in [5, 5.41) is 2.78. The lowest BCUT2D eigenvalue weighted by molar-refractivity contribution is 0.394. The third-order valence-corrected chi connectivity index (χ3v) is 2.57. The molecule has 2 rings (SSSR count). The van der Waals surface area contributed by atoms with Gasteiger partial charge in [0.05, 0.1) is 23.5 Å². The van der Waals surface area contributed by atoms with E-state index in [2.05, 4.69) is 31.2 Å². The summed E-state index contributed by atoms with van der Waals surface area (Å²) in [5.41, 5.74) is 0.317. The molecule has 0 aliphatic heterocycles. The zero-order valence-corrected chi connectivity index (χ0v) is 10.5. The van der Waals surface area contributed by atoms with Crippen molar-refractivity contribution in [3.63, 3.8) is 0 Å². The van der Waals surface area contributed by atoms with E-state index in [1.54, 1.807) is 18.2 Å². The second kappa shape index (κ2) is 5.09. The zero-order chi connectivity index (χ0) is 12.3. The molecule has 0 fully saturated rings. The predicted octanol–water partition coefficient (Wildman–Crippen LogP) is 3.13. The molecule has 88 valence electrons. The van der Waals surface area contributed by atoms with Gasteiger partial charge < -0.3 is 10.1 Å². The SMILES string of the molecule is COc1nc(Nc2ccccc2F)ncc1Br. The van der Waals surface area contributed by atoms with Crippen LogP contribution in [0.1, 0.15) is 0 Å². The Labute approximate surface area is 106 Å². The van der Waals surface area contributed by atoms with Gasteiger partial charge in [-0.25, -0.2) is 9.37 Å². The lowest BCUT2D eigenvalue weighted by atomic mass is 10.3. The smallest absolute Gasteiger partial charge is 0.232 e. The highest BCUT2D eigenvalue weighted by molar-refractivity contribution is 9.10. The Hall–Kier alpha value is -1.69. The average molecular weight is 298 g/mol. The van der Waals surface area contributed by atoms with Crippen molar-refractivity contribution < 1.29 is 9.13 Å². The monoisotopic (exact) mass is 297 g/mol. The topological polar surface area (TPSA) is 47.0 Å². The summed E-state index contributed by atoms with van der Waals surface area (Å²) in [5.74, 6) is 0.298. The highest BCUT2D eigenvalue weighted by atomic mass is 79.9. The van der Waals surface area contributed by atoms with Gasteiger partial charge in [-0.15, -0.1) is 0 Å². The first-order valence-corrected chi connectivity index (χ1v) is 5.58. The summed E-state index contributed by atoms with van der Waals surface area (Å²) >= 11 is 3.24. The van der Waals surface area contributed by atoms with Crippen molar-refractivity contribution in [2.75, 3.05) is 12.4 Å². The first-order valence-electron chi connectivity index (χ1n) is 4.79. The van der Waals surface area contributed by atoms with Crippen LogP contribution >= 0.6 is 15.9 Å². The van der Waals surface area contributed by atoms with Crippen LogP contribution in [0.3, 0.4) is 0 Å². The molecule has 0 radical (unpaired) electrons. The highest BCUT2D eigenvalue weighted by Gasteiger charge is 2.07. The van der Waals surface area contributed by atoms with E-state index in [0.29, 0.717) is 16.0 Å². The second-order valence-corrected chi connectivity index (χ2v) is 4.01. The molecule has 0 bridgehead atoms. The van der Waals surface area contributed by atoms with Gasteiger partial charge in [0, 0.05) is 0 Å². The van der Waals surface area contributed by atoms with Crippen LogP contribution in [0, 0.1) is 5.82 Å². The van der Waals surface area contributed by atoms with Crippen molar-refractivity contribution in [1.29, 1.82) is 0 Å². The molecule has 1 aromatic heterocycles. The van der Waals surface area contributed by atoms with Gasteiger partial charge in [0.25, 0.3) is 0 Å². The molecule has 1 N–H and O–H groups in total. The molecule has 1 aromatic carbocycles. The van der Waals surface area contributed by atoms with Crippen LogP contribution in [-0.4, -0.2) is 17.1 Å². The number of methoxy groups -OCH3 is 1. The highest BCUT2D eigenvalue weighted by Crippen LogP contribution is 2.24. The quantitative estimate of drug-likeness (QED) is 0.945. The fourth-order valence-corrected chi connectivity index (χ4v) is 1.59. The Morgan fingerprint density at radius 3 is 2.82 bits per heavy atom. The zero-order valence-electron chi connectivity index (χ0n) is 8.95. The Morgan fingerprint density at radius 1 is 1.35 bits per heavy atom. The third kappa shape index (κ3) is 2.71. The molecular formula is C11H9BrFN3O. The predicted molar refractivity (Wildman–Crippen MR) is 66.0 cm³/mol. The molecule has 6 heteroatoms. The molecular weight excluding hydrogens is 289 g/mol. The molecule has 17 heavy (non-hydrogen) atoms. The summed E-state index contributed by atoms with van der Waals surface area (Å²) < 4.78 is 19.0. The van der Waals surface area contributed by atoms with Crippen LogP contribution in [-0.2, 0) is 0 Å². The standard InChI is InChI=1S/C11H9BrFN3O/c1-17-10-7(12)6-14-11(16-10)15-9-5-3-2-4-8(9)13/h2-6H,1H3,(H,14,15,16). The van der Waals surface area contributed by atoms with Crippen LogP contribution in [0.15, 0.2) is 34.9 Å². The molecule has 4 nitrogen and oxygen atoms in total. The van der Waals surface area contributed by atoms with E-state index >= 15 is 0 Å². The first-order chi connectivity index (χ1) is 8.20. The molecule has 0 saturated carbocycles. The number of nitrogens with one attached hydrogen (secondary N) is 1. The number of ether oxygens (including phenoxy) is 1. The second-order valence-electron chi connectivity index (χ2n) is 3.16. The number of hydrogen-bond donors (Lipinski definition) is 1. The number of benzene rings is 1. The van der Waals surface area contributed by atoms with Crippen molar-refractivity contribution in [1.82, 2.24) is 9.97 Å². The Morgan fingerprint density at radius 2 is 2.12 bits per heavy atom. The van der Waals surface area contributed by atoms with Gasteiger partial charge in [-0.1, -0.05) is 12.1 Å². The molecule has 0 aliphatic carbocycles.